The van der Waals surface area contributed by atoms with Gasteiger partial charge in [-0.05, 0) is 96.1 Å². The van der Waals surface area contributed by atoms with E-state index >= 15 is 9.13 Å². The number of halogens is 2. The highest BCUT2D eigenvalue weighted by atomic mass is 79.9. The predicted octanol–water partition coefficient (Wildman–Crippen LogP) is 12.8. The zero-order valence-corrected chi connectivity index (χ0v) is 38.6. The van der Waals surface area contributed by atoms with Crippen molar-refractivity contribution < 1.29 is 13.9 Å². The molecule has 304 valence electrons. The quantitative estimate of drug-likeness (QED) is 0.149. The number of ether oxygens (including phenoxy) is 1. The summed E-state index contributed by atoms with van der Waals surface area (Å²) in [7, 11) is -6.94. The molecule has 0 saturated heterocycles. The van der Waals surface area contributed by atoms with Crippen molar-refractivity contribution >= 4 is 95.0 Å². The van der Waals surface area contributed by atoms with E-state index in [9.17, 15) is 0 Å². The van der Waals surface area contributed by atoms with Crippen molar-refractivity contribution in [2.75, 3.05) is 4.90 Å². The van der Waals surface area contributed by atoms with Gasteiger partial charge < -0.3 is 18.8 Å². The first-order valence-corrected chi connectivity index (χ1v) is 25.7. The summed E-state index contributed by atoms with van der Waals surface area (Å²) < 4.78 is 41.4. The van der Waals surface area contributed by atoms with E-state index in [1.807, 2.05) is 152 Å². The third-order valence-electron chi connectivity index (χ3n) is 12.4. The molecule has 63 heavy (non-hydrogen) atoms. The molecule has 0 radical (unpaired) electrons. The van der Waals surface area contributed by atoms with E-state index in [-0.39, 0.29) is 0 Å². The number of anilines is 3. The van der Waals surface area contributed by atoms with Gasteiger partial charge in [0.2, 0.25) is 0 Å². The van der Waals surface area contributed by atoms with Crippen molar-refractivity contribution in [1.82, 2.24) is 0 Å². The van der Waals surface area contributed by atoms with Gasteiger partial charge >= 0.3 is 0 Å². The summed E-state index contributed by atoms with van der Waals surface area (Å²) in [4.78, 5) is 2.31. The lowest BCUT2D eigenvalue weighted by Crippen LogP contribution is -2.41. The summed E-state index contributed by atoms with van der Waals surface area (Å²) in [5.74, 6) is 1.29. The van der Waals surface area contributed by atoms with Crippen LogP contribution in [0.3, 0.4) is 0 Å². The van der Waals surface area contributed by atoms with Gasteiger partial charge in [0.05, 0.1) is 16.8 Å². The molecular weight excluding hydrogens is 944 g/mol. The van der Waals surface area contributed by atoms with E-state index in [1.165, 1.54) is 0 Å². The summed E-state index contributed by atoms with van der Waals surface area (Å²) in [6.07, 6.45) is 0. The molecule has 1 spiro atoms. The highest BCUT2D eigenvalue weighted by molar-refractivity contribution is 9.10. The third-order valence-corrected chi connectivity index (χ3v) is 19.5. The van der Waals surface area contributed by atoms with E-state index in [0.717, 1.165) is 69.5 Å². The van der Waals surface area contributed by atoms with Crippen molar-refractivity contribution in [3.05, 3.63) is 256 Å². The van der Waals surface area contributed by atoms with Gasteiger partial charge in [0.25, 0.3) is 0 Å². The number of rotatable bonds is 7. The zero-order chi connectivity index (χ0) is 42.8. The molecule has 0 saturated carbocycles. The Labute approximate surface area is 383 Å². The van der Waals surface area contributed by atoms with Gasteiger partial charge in [-0.2, -0.15) is 0 Å². The largest absolute Gasteiger partial charge is 0.457 e. The number of benzene rings is 9. The molecule has 9 aromatic rings. The Balaban J connectivity index is 1.29. The van der Waals surface area contributed by atoms with E-state index in [0.29, 0.717) is 22.1 Å². The highest BCUT2D eigenvalue weighted by Gasteiger charge is 2.53. The Morgan fingerprint density at radius 1 is 0.365 bits per heavy atom. The zero-order valence-electron chi connectivity index (χ0n) is 33.7. The molecule has 9 aromatic carbocycles. The summed E-state index contributed by atoms with van der Waals surface area (Å²) in [6, 6.07) is 74.6. The van der Waals surface area contributed by atoms with Crippen molar-refractivity contribution in [2.24, 2.45) is 0 Å². The van der Waals surface area contributed by atoms with Crippen LogP contribution >= 0.6 is 46.1 Å². The Kier molecular flexibility index (Phi) is 9.90. The first-order valence-electron chi connectivity index (χ1n) is 20.7. The molecule has 2 aliphatic rings. The van der Waals surface area contributed by atoms with E-state index in [2.05, 4.69) is 110 Å². The molecule has 4 nitrogen and oxygen atoms in total. The van der Waals surface area contributed by atoms with Crippen molar-refractivity contribution in [3.63, 3.8) is 0 Å². The molecule has 11 rings (SSSR count). The smallest absolute Gasteiger partial charge is 0.171 e. The summed E-state index contributed by atoms with van der Waals surface area (Å²) in [6.45, 7) is 0. The van der Waals surface area contributed by atoms with Crippen LogP contribution in [0, 0.1) is 0 Å². The maximum Gasteiger partial charge on any atom is 0.171 e. The molecule has 0 bridgehead atoms. The Morgan fingerprint density at radius 2 is 0.714 bits per heavy atom. The maximum atomic E-state index is 16.3. The number of nitrogens with zero attached hydrogens (tertiary/aromatic N) is 1. The second kappa shape index (κ2) is 15.7. The van der Waals surface area contributed by atoms with Crippen LogP contribution in [0.2, 0.25) is 0 Å². The van der Waals surface area contributed by atoms with Crippen molar-refractivity contribution in [1.29, 1.82) is 0 Å². The van der Waals surface area contributed by atoms with Gasteiger partial charge in [-0.1, -0.05) is 171 Å². The van der Waals surface area contributed by atoms with Gasteiger partial charge in [0, 0.05) is 57.6 Å². The minimum absolute atomic E-state index is 0.644. The number of hydrogen-bond donors (Lipinski definition) is 0. The molecule has 0 aliphatic carbocycles. The van der Waals surface area contributed by atoms with Crippen molar-refractivity contribution in [2.45, 2.75) is 5.41 Å². The summed E-state index contributed by atoms with van der Waals surface area (Å²) in [5, 5.41) is 4.31. The van der Waals surface area contributed by atoms with Gasteiger partial charge in [0.1, 0.15) is 11.5 Å². The minimum Gasteiger partial charge on any atom is -0.457 e. The molecular formula is C55H37Br2NO3P2. The molecule has 0 aromatic heterocycles. The molecule has 0 fully saturated rings. The van der Waals surface area contributed by atoms with Gasteiger partial charge in [-0.25, -0.2) is 0 Å². The maximum absolute atomic E-state index is 16.3. The summed E-state index contributed by atoms with van der Waals surface area (Å²) in [5.41, 5.74) is 5.48. The molecule has 0 amide bonds. The van der Waals surface area contributed by atoms with Crippen LogP contribution in [-0.2, 0) is 14.5 Å². The lowest BCUT2D eigenvalue weighted by molar-refractivity contribution is 0.434. The molecule has 0 atom stereocenters. The van der Waals surface area contributed by atoms with Crippen LogP contribution in [0.5, 0.6) is 11.5 Å². The van der Waals surface area contributed by atoms with Crippen molar-refractivity contribution in [3.8, 4) is 11.5 Å². The molecule has 2 aliphatic heterocycles. The van der Waals surface area contributed by atoms with Crippen LogP contribution in [-0.4, -0.2) is 0 Å². The third kappa shape index (κ3) is 6.22. The summed E-state index contributed by atoms with van der Waals surface area (Å²) >= 11 is 7.84. The van der Waals surface area contributed by atoms with Crippen LogP contribution < -0.4 is 41.5 Å². The first kappa shape index (κ1) is 39.8. The number of fused-ring (bicyclic) bond motifs is 8. The average molecular weight is 982 g/mol. The van der Waals surface area contributed by atoms with E-state index < -0.39 is 19.7 Å². The lowest BCUT2D eigenvalue weighted by Gasteiger charge is -2.49. The number of hydrogen-bond acceptors (Lipinski definition) is 4. The molecule has 8 heteroatoms. The lowest BCUT2D eigenvalue weighted by atomic mass is 9.61. The Bertz CT molecular complexity index is 3010. The van der Waals surface area contributed by atoms with Crippen LogP contribution in [0.4, 0.5) is 17.1 Å². The van der Waals surface area contributed by atoms with Gasteiger partial charge in [-0.3, -0.25) is 0 Å². The van der Waals surface area contributed by atoms with E-state index in [1.54, 1.807) is 0 Å². The number of para-hydroxylation sites is 1. The second-order valence-corrected chi connectivity index (χ2v) is 23.1. The standard InChI is InChI=1S/C55H37Br2NO3P2/c56-38-26-30-51-47(34-38)55(48-35-39(57)27-31-52(48)58(51)40-16-6-1-7-17-40)49-36-45(62(59,41-18-8-2-9-19-41)42-20-10-3-11-21-42)28-32-53(49)61-54-33-29-46(37-50(54)55)63(60,43-22-12-4-13-23-43)44-24-14-5-15-25-44/h1-37H. The molecule has 2 heterocycles. The fourth-order valence-electron chi connectivity index (χ4n) is 9.62. The predicted molar refractivity (Wildman–Crippen MR) is 267 cm³/mol. The fraction of sp³-hybridized carbons (Fsp3) is 0.0182. The second-order valence-electron chi connectivity index (χ2n) is 15.8. The first-order chi connectivity index (χ1) is 30.8. The van der Waals surface area contributed by atoms with Gasteiger partial charge in [0.15, 0.2) is 14.3 Å². The van der Waals surface area contributed by atoms with Crippen LogP contribution in [0.25, 0.3) is 0 Å². The minimum atomic E-state index is -3.47. The SMILES string of the molecule is O=P(c1ccccc1)(c1ccccc1)c1ccc2c(c1)C1(c3cc(P(=O)(c4ccccc4)c4ccccc4)ccc3O2)c2cc(Br)ccc2N(c2ccccc2)c2ccc(Br)cc21. The van der Waals surface area contributed by atoms with E-state index in [4.69, 9.17) is 4.74 Å². The monoisotopic (exact) mass is 979 g/mol. The highest BCUT2D eigenvalue weighted by Crippen LogP contribution is 2.64. The van der Waals surface area contributed by atoms with Gasteiger partial charge in [-0.15, -0.1) is 0 Å². The molecule has 0 N–H and O–H groups in total. The normalized spacial score (nSPS) is 13.6. The fourth-order valence-corrected chi connectivity index (χ4v) is 15.7. The van der Waals surface area contributed by atoms with Crippen LogP contribution in [0.1, 0.15) is 22.3 Å². The topological polar surface area (TPSA) is 46.6 Å². The Morgan fingerprint density at radius 3 is 1.08 bits per heavy atom. The Hall–Kier alpha value is -6.00. The van der Waals surface area contributed by atoms with Crippen LogP contribution in [0.15, 0.2) is 233 Å². The molecule has 0 unspecified atom stereocenters. The average Bonchev–Trinajstić information content (AvgIpc) is 3.34.